The van der Waals surface area contributed by atoms with Gasteiger partial charge in [-0.1, -0.05) is 18.9 Å². The molecule has 1 aliphatic carbocycles. The van der Waals surface area contributed by atoms with Crippen molar-refractivity contribution in [3.05, 3.63) is 29.2 Å². The van der Waals surface area contributed by atoms with E-state index >= 15 is 0 Å². The Bertz CT molecular complexity index is 521. The maximum Gasteiger partial charge on any atom is 0.198 e. The number of benzene rings is 1. The molecule has 1 fully saturated rings. The lowest BCUT2D eigenvalue weighted by Crippen LogP contribution is -1.90. The van der Waals surface area contributed by atoms with Crippen LogP contribution >= 0.6 is 0 Å². The highest BCUT2D eigenvalue weighted by molar-refractivity contribution is 5.77. The molecule has 0 bridgehead atoms. The van der Waals surface area contributed by atoms with Crippen molar-refractivity contribution in [2.45, 2.75) is 45.4 Å². The summed E-state index contributed by atoms with van der Waals surface area (Å²) in [6.45, 7) is 4.23. The smallest absolute Gasteiger partial charge is 0.198 e. The molecule has 2 heteroatoms. The molecule has 3 rings (SSSR count). The van der Waals surface area contributed by atoms with Crippen LogP contribution in [-0.4, -0.2) is 4.98 Å². The van der Waals surface area contributed by atoms with E-state index in [1.165, 1.54) is 36.8 Å². The normalized spacial score (nSPS) is 17.4. The minimum atomic E-state index is 0.562. The minimum absolute atomic E-state index is 0.562. The molecule has 2 aromatic rings. The fraction of sp³-hybridized carbons (Fsp3) is 0.500. The van der Waals surface area contributed by atoms with Gasteiger partial charge in [0.15, 0.2) is 11.5 Å². The van der Waals surface area contributed by atoms with E-state index in [0.29, 0.717) is 5.92 Å². The second kappa shape index (κ2) is 3.62. The standard InChI is InChI=1S/C14H17NO/c1-9-7-8-12-13(10(9)2)16-14(15-12)11-5-3-4-6-11/h7-8,11H,3-6H2,1-2H3. The van der Waals surface area contributed by atoms with Crippen molar-refractivity contribution < 1.29 is 4.42 Å². The average Bonchev–Trinajstić information content (AvgIpc) is 2.91. The predicted octanol–water partition coefficient (Wildman–Crippen LogP) is 4.10. The molecule has 0 unspecified atom stereocenters. The number of hydrogen-bond donors (Lipinski definition) is 0. The molecule has 0 radical (unpaired) electrons. The quantitative estimate of drug-likeness (QED) is 0.715. The van der Waals surface area contributed by atoms with Crippen LogP contribution in [0.5, 0.6) is 0 Å². The summed E-state index contributed by atoms with van der Waals surface area (Å²) in [5.74, 6) is 1.52. The second-order valence-corrected chi connectivity index (χ2v) is 4.89. The summed E-state index contributed by atoms with van der Waals surface area (Å²) >= 11 is 0. The Morgan fingerprint density at radius 3 is 2.69 bits per heavy atom. The lowest BCUT2D eigenvalue weighted by atomic mass is 10.1. The van der Waals surface area contributed by atoms with E-state index in [9.17, 15) is 0 Å². The Kier molecular flexibility index (Phi) is 2.23. The molecule has 1 aliphatic rings. The first kappa shape index (κ1) is 9.88. The van der Waals surface area contributed by atoms with Crippen LogP contribution in [0.2, 0.25) is 0 Å². The zero-order chi connectivity index (χ0) is 11.1. The van der Waals surface area contributed by atoms with Gasteiger partial charge in [0.2, 0.25) is 0 Å². The van der Waals surface area contributed by atoms with E-state index in [1.807, 2.05) is 0 Å². The highest BCUT2D eigenvalue weighted by Crippen LogP contribution is 2.35. The topological polar surface area (TPSA) is 26.0 Å². The number of aryl methyl sites for hydroxylation is 2. The third-order valence-corrected chi connectivity index (χ3v) is 3.80. The molecule has 84 valence electrons. The molecule has 1 aromatic heterocycles. The molecule has 0 amide bonds. The molecule has 0 saturated heterocycles. The fourth-order valence-electron chi connectivity index (χ4n) is 2.59. The molecule has 2 nitrogen and oxygen atoms in total. The number of fused-ring (bicyclic) bond motifs is 1. The lowest BCUT2D eigenvalue weighted by Gasteiger charge is -2.01. The van der Waals surface area contributed by atoms with Crippen LogP contribution in [0.1, 0.15) is 48.6 Å². The van der Waals surface area contributed by atoms with E-state index < -0.39 is 0 Å². The molecule has 0 spiro atoms. The largest absolute Gasteiger partial charge is 0.440 e. The van der Waals surface area contributed by atoms with Gasteiger partial charge in [-0.3, -0.25) is 0 Å². The van der Waals surface area contributed by atoms with Gasteiger partial charge < -0.3 is 4.42 Å². The molecule has 16 heavy (non-hydrogen) atoms. The van der Waals surface area contributed by atoms with Crippen LogP contribution in [0, 0.1) is 13.8 Å². The third kappa shape index (κ3) is 1.44. The maximum absolute atomic E-state index is 5.95. The number of aromatic nitrogens is 1. The monoisotopic (exact) mass is 215 g/mol. The Morgan fingerprint density at radius 1 is 1.19 bits per heavy atom. The molecule has 0 aliphatic heterocycles. The first-order valence-electron chi connectivity index (χ1n) is 6.12. The van der Waals surface area contributed by atoms with E-state index in [4.69, 9.17) is 4.42 Å². The lowest BCUT2D eigenvalue weighted by molar-refractivity contribution is 0.473. The maximum atomic E-state index is 5.95. The summed E-state index contributed by atoms with van der Waals surface area (Å²) in [6.07, 6.45) is 5.12. The van der Waals surface area contributed by atoms with Gasteiger partial charge in [-0.2, -0.15) is 0 Å². The highest BCUT2D eigenvalue weighted by Gasteiger charge is 2.22. The van der Waals surface area contributed by atoms with Gasteiger partial charge >= 0.3 is 0 Å². The minimum Gasteiger partial charge on any atom is -0.440 e. The molecular weight excluding hydrogens is 198 g/mol. The fourth-order valence-corrected chi connectivity index (χ4v) is 2.59. The molecule has 0 atom stereocenters. The van der Waals surface area contributed by atoms with Gasteiger partial charge in [0.1, 0.15) is 5.52 Å². The predicted molar refractivity (Wildman–Crippen MR) is 64.7 cm³/mol. The Labute approximate surface area is 95.7 Å². The Hall–Kier alpha value is -1.31. The van der Waals surface area contributed by atoms with Crippen molar-refractivity contribution in [2.24, 2.45) is 0 Å². The van der Waals surface area contributed by atoms with E-state index in [0.717, 1.165) is 17.0 Å². The van der Waals surface area contributed by atoms with Crippen molar-refractivity contribution in [1.82, 2.24) is 4.98 Å². The van der Waals surface area contributed by atoms with Crippen molar-refractivity contribution >= 4 is 11.1 Å². The van der Waals surface area contributed by atoms with Crippen LogP contribution in [0.15, 0.2) is 16.5 Å². The second-order valence-electron chi connectivity index (χ2n) is 4.89. The van der Waals surface area contributed by atoms with E-state index in [1.54, 1.807) is 0 Å². The summed E-state index contributed by atoms with van der Waals surface area (Å²) in [7, 11) is 0. The van der Waals surface area contributed by atoms with Crippen LogP contribution in [0.4, 0.5) is 0 Å². The summed E-state index contributed by atoms with van der Waals surface area (Å²) in [5.41, 5.74) is 4.52. The molecule has 1 heterocycles. The zero-order valence-corrected chi connectivity index (χ0v) is 9.92. The van der Waals surface area contributed by atoms with E-state index in [-0.39, 0.29) is 0 Å². The molecular formula is C14H17NO. The van der Waals surface area contributed by atoms with Gasteiger partial charge in [-0.05, 0) is 43.9 Å². The molecule has 1 aromatic carbocycles. The Balaban J connectivity index is 2.11. The van der Waals surface area contributed by atoms with Crippen LogP contribution < -0.4 is 0 Å². The summed E-state index contributed by atoms with van der Waals surface area (Å²) in [6, 6.07) is 4.19. The summed E-state index contributed by atoms with van der Waals surface area (Å²) in [5, 5.41) is 0. The van der Waals surface area contributed by atoms with Gasteiger partial charge in [0.05, 0.1) is 0 Å². The van der Waals surface area contributed by atoms with Crippen molar-refractivity contribution in [1.29, 1.82) is 0 Å². The van der Waals surface area contributed by atoms with Crippen molar-refractivity contribution in [2.75, 3.05) is 0 Å². The van der Waals surface area contributed by atoms with Crippen molar-refractivity contribution in [3.8, 4) is 0 Å². The number of rotatable bonds is 1. The first-order valence-corrected chi connectivity index (χ1v) is 6.12. The average molecular weight is 215 g/mol. The van der Waals surface area contributed by atoms with Crippen LogP contribution in [0.3, 0.4) is 0 Å². The molecule has 1 saturated carbocycles. The summed E-state index contributed by atoms with van der Waals surface area (Å²) < 4.78 is 5.95. The summed E-state index contributed by atoms with van der Waals surface area (Å²) in [4.78, 5) is 4.63. The molecule has 0 N–H and O–H groups in total. The van der Waals surface area contributed by atoms with E-state index in [2.05, 4.69) is 31.0 Å². The van der Waals surface area contributed by atoms with Crippen molar-refractivity contribution in [3.63, 3.8) is 0 Å². The SMILES string of the molecule is Cc1ccc2nc(C3CCCC3)oc2c1C. The van der Waals surface area contributed by atoms with Gasteiger partial charge in [-0.15, -0.1) is 0 Å². The first-order chi connectivity index (χ1) is 7.75. The number of oxazole rings is 1. The highest BCUT2D eigenvalue weighted by atomic mass is 16.3. The van der Waals surface area contributed by atoms with Gasteiger partial charge in [-0.25, -0.2) is 4.98 Å². The number of nitrogens with zero attached hydrogens (tertiary/aromatic N) is 1. The third-order valence-electron chi connectivity index (χ3n) is 3.80. The number of hydrogen-bond acceptors (Lipinski definition) is 2. The zero-order valence-electron chi connectivity index (χ0n) is 9.92. The van der Waals surface area contributed by atoms with Crippen LogP contribution in [-0.2, 0) is 0 Å². The van der Waals surface area contributed by atoms with Crippen LogP contribution in [0.25, 0.3) is 11.1 Å². The Morgan fingerprint density at radius 2 is 1.94 bits per heavy atom. The van der Waals surface area contributed by atoms with Gasteiger partial charge in [0.25, 0.3) is 0 Å². The van der Waals surface area contributed by atoms with Gasteiger partial charge in [0, 0.05) is 5.92 Å².